The summed E-state index contributed by atoms with van der Waals surface area (Å²) in [6.45, 7) is 5.23. The van der Waals surface area contributed by atoms with Crippen LogP contribution in [0.3, 0.4) is 0 Å². The Balaban J connectivity index is 1.15. The summed E-state index contributed by atoms with van der Waals surface area (Å²) < 4.78 is 25.6. The van der Waals surface area contributed by atoms with E-state index in [2.05, 4.69) is 25.5 Å². The van der Waals surface area contributed by atoms with E-state index >= 15 is 0 Å². The van der Waals surface area contributed by atoms with E-state index in [-0.39, 0.29) is 17.2 Å². The number of amides is 1. The summed E-state index contributed by atoms with van der Waals surface area (Å²) in [5, 5.41) is 11.9. The molecule has 5 heterocycles. The minimum absolute atomic E-state index is 0.240. The fraction of sp³-hybridized carbons (Fsp3) is 0.360. The number of benzene rings is 1. The molecule has 1 saturated carbocycles. The number of rotatable bonds is 5. The van der Waals surface area contributed by atoms with Gasteiger partial charge >= 0.3 is 0 Å². The average molecular weight is 509 g/mol. The van der Waals surface area contributed by atoms with Crippen LogP contribution >= 0.6 is 11.6 Å². The van der Waals surface area contributed by atoms with Crippen molar-refractivity contribution in [3.8, 4) is 11.4 Å². The lowest BCUT2D eigenvalue weighted by atomic mass is 9.78. The summed E-state index contributed by atoms with van der Waals surface area (Å²) in [7, 11) is 0. The highest BCUT2D eigenvalue weighted by Crippen LogP contribution is 2.44. The van der Waals surface area contributed by atoms with E-state index in [1.807, 2.05) is 25.1 Å². The SMILES string of the molecule is Cc1ccc(-c2noc([C@H]3C[C@@H]3F)n2)cc1NC(=O)c1cnn2cc(Cl)c(N3CC4(COC4)C3)cc12. The van der Waals surface area contributed by atoms with Crippen LogP contribution in [0.15, 0.2) is 41.2 Å². The topological polar surface area (TPSA) is 97.8 Å². The Hall–Kier alpha value is -3.50. The summed E-state index contributed by atoms with van der Waals surface area (Å²) in [6, 6.07) is 7.41. The first kappa shape index (κ1) is 21.8. The van der Waals surface area contributed by atoms with Gasteiger partial charge in [0.15, 0.2) is 0 Å². The van der Waals surface area contributed by atoms with Crippen molar-refractivity contribution >= 4 is 34.4 Å². The molecule has 3 fully saturated rings. The summed E-state index contributed by atoms with van der Waals surface area (Å²) in [4.78, 5) is 19.9. The number of nitrogens with zero attached hydrogens (tertiary/aromatic N) is 5. The predicted octanol–water partition coefficient (Wildman–Crippen LogP) is 4.26. The number of aryl methyl sites for hydroxylation is 1. The molecule has 7 rings (SSSR count). The number of pyridine rings is 1. The van der Waals surface area contributed by atoms with E-state index < -0.39 is 6.17 Å². The van der Waals surface area contributed by atoms with Gasteiger partial charge in [-0.25, -0.2) is 8.91 Å². The number of carbonyl (C=O) groups excluding carboxylic acids is 1. The predicted molar refractivity (Wildman–Crippen MR) is 130 cm³/mol. The molecule has 36 heavy (non-hydrogen) atoms. The largest absolute Gasteiger partial charge is 0.380 e. The molecule has 9 nitrogen and oxygen atoms in total. The minimum atomic E-state index is -0.915. The number of anilines is 2. The van der Waals surface area contributed by atoms with Gasteiger partial charge in [0.1, 0.15) is 6.17 Å². The van der Waals surface area contributed by atoms with Crippen LogP contribution < -0.4 is 10.2 Å². The second-order valence-electron chi connectivity index (χ2n) is 10.0. The molecule has 1 N–H and O–H groups in total. The second-order valence-corrected chi connectivity index (χ2v) is 10.4. The molecule has 0 bridgehead atoms. The number of hydrogen-bond acceptors (Lipinski definition) is 7. The van der Waals surface area contributed by atoms with Crippen molar-refractivity contribution in [1.29, 1.82) is 0 Å². The fourth-order valence-electron chi connectivity index (χ4n) is 4.92. The third-order valence-electron chi connectivity index (χ3n) is 7.26. The Morgan fingerprint density at radius 2 is 2.08 bits per heavy atom. The van der Waals surface area contributed by atoms with E-state index in [1.54, 1.807) is 16.8 Å². The molecule has 1 aromatic carbocycles. The van der Waals surface area contributed by atoms with Gasteiger partial charge in [-0.3, -0.25) is 4.79 Å². The Morgan fingerprint density at radius 1 is 1.28 bits per heavy atom. The van der Waals surface area contributed by atoms with Gasteiger partial charge in [-0.1, -0.05) is 28.9 Å². The standard InChI is InChI=1S/C25H22ClFN6O3/c1-13-2-3-14(22-30-24(36-31-22)15-5-18(15)27)4-19(13)29-23(34)16-7-28-33-8-17(26)21(6-20(16)33)32-9-25(10-32)11-35-12-25/h2-4,6-8,15,18H,5,9-12H2,1H3,(H,29,34)/t15-,18-/m0/s1. The van der Waals surface area contributed by atoms with Gasteiger partial charge < -0.3 is 19.5 Å². The van der Waals surface area contributed by atoms with Crippen LogP contribution in [-0.2, 0) is 4.74 Å². The van der Waals surface area contributed by atoms with Gasteiger partial charge in [0, 0.05) is 30.5 Å². The molecule has 1 aliphatic carbocycles. The molecule has 1 amide bonds. The first-order chi connectivity index (χ1) is 17.4. The molecule has 4 aromatic rings. The molecule has 2 atom stereocenters. The number of nitrogens with one attached hydrogen (secondary N) is 1. The van der Waals surface area contributed by atoms with Crippen LogP contribution in [-0.4, -0.2) is 58.1 Å². The molecule has 2 saturated heterocycles. The monoisotopic (exact) mass is 508 g/mol. The van der Waals surface area contributed by atoms with Gasteiger partial charge in [0.2, 0.25) is 11.7 Å². The summed E-state index contributed by atoms with van der Waals surface area (Å²) >= 11 is 6.54. The highest BCUT2D eigenvalue weighted by molar-refractivity contribution is 6.33. The number of carbonyl (C=O) groups is 1. The summed E-state index contributed by atoms with van der Waals surface area (Å²) in [5.41, 5.74) is 4.38. The molecule has 0 unspecified atom stereocenters. The molecular formula is C25H22ClFN6O3. The molecule has 3 aliphatic rings. The number of halogens is 2. The Labute approximate surface area is 210 Å². The number of fused-ring (bicyclic) bond motifs is 1. The number of aromatic nitrogens is 4. The van der Waals surface area contributed by atoms with E-state index in [4.69, 9.17) is 20.9 Å². The van der Waals surface area contributed by atoms with Gasteiger partial charge in [0.05, 0.1) is 52.5 Å². The molecule has 184 valence electrons. The van der Waals surface area contributed by atoms with E-state index in [1.165, 1.54) is 6.20 Å². The quantitative estimate of drug-likeness (QED) is 0.430. The van der Waals surface area contributed by atoms with Gasteiger partial charge in [-0.15, -0.1) is 0 Å². The molecule has 0 radical (unpaired) electrons. The first-order valence-corrected chi connectivity index (χ1v) is 12.2. The van der Waals surface area contributed by atoms with Crippen LogP contribution in [0, 0.1) is 12.3 Å². The van der Waals surface area contributed by atoms with Crippen molar-refractivity contribution in [2.24, 2.45) is 5.41 Å². The van der Waals surface area contributed by atoms with Crippen LogP contribution in [0.1, 0.15) is 34.2 Å². The van der Waals surface area contributed by atoms with E-state index in [0.29, 0.717) is 45.5 Å². The molecule has 2 aliphatic heterocycles. The lowest BCUT2D eigenvalue weighted by Gasteiger charge is -2.56. The maximum absolute atomic E-state index is 13.3. The van der Waals surface area contributed by atoms with Crippen molar-refractivity contribution in [3.05, 3.63) is 58.7 Å². The third kappa shape index (κ3) is 3.47. The van der Waals surface area contributed by atoms with Gasteiger partial charge in [0.25, 0.3) is 5.91 Å². The normalized spacial score (nSPS) is 21.9. The third-order valence-corrected chi connectivity index (χ3v) is 7.55. The van der Waals surface area contributed by atoms with Crippen LogP contribution in [0.4, 0.5) is 15.8 Å². The molecule has 11 heteroatoms. The van der Waals surface area contributed by atoms with E-state index in [0.717, 1.165) is 37.6 Å². The van der Waals surface area contributed by atoms with Crippen molar-refractivity contribution in [2.75, 3.05) is 36.5 Å². The fourth-order valence-corrected chi connectivity index (χ4v) is 5.19. The zero-order chi connectivity index (χ0) is 24.6. The van der Waals surface area contributed by atoms with Crippen molar-refractivity contribution in [2.45, 2.75) is 25.4 Å². The van der Waals surface area contributed by atoms with Gasteiger partial charge in [-0.05, 0) is 31.0 Å². The molecular weight excluding hydrogens is 487 g/mol. The van der Waals surface area contributed by atoms with Crippen molar-refractivity contribution in [1.82, 2.24) is 19.8 Å². The number of ether oxygens (including phenoxy) is 1. The zero-order valence-electron chi connectivity index (χ0n) is 19.4. The average Bonchev–Trinajstić information content (AvgIpc) is 3.18. The zero-order valence-corrected chi connectivity index (χ0v) is 20.1. The maximum Gasteiger partial charge on any atom is 0.259 e. The smallest absolute Gasteiger partial charge is 0.259 e. The van der Waals surface area contributed by atoms with Crippen LogP contribution in [0.2, 0.25) is 5.02 Å². The minimum Gasteiger partial charge on any atom is -0.380 e. The number of hydrogen-bond donors (Lipinski definition) is 1. The lowest BCUT2D eigenvalue weighted by Crippen LogP contribution is -2.66. The lowest BCUT2D eigenvalue weighted by molar-refractivity contribution is -0.127. The second kappa shape index (κ2) is 7.75. The highest BCUT2D eigenvalue weighted by Gasteiger charge is 2.49. The van der Waals surface area contributed by atoms with Crippen molar-refractivity contribution in [3.63, 3.8) is 0 Å². The van der Waals surface area contributed by atoms with Crippen LogP contribution in [0.5, 0.6) is 0 Å². The molecule has 1 spiro atoms. The summed E-state index contributed by atoms with van der Waals surface area (Å²) in [6.07, 6.45) is 2.76. The summed E-state index contributed by atoms with van der Waals surface area (Å²) in [5.74, 6) is 0.0632. The van der Waals surface area contributed by atoms with E-state index in [9.17, 15) is 9.18 Å². The first-order valence-electron chi connectivity index (χ1n) is 11.8. The van der Waals surface area contributed by atoms with Crippen molar-refractivity contribution < 1.29 is 18.4 Å². The molecule has 3 aromatic heterocycles. The highest BCUT2D eigenvalue weighted by atomic mass is 35.5. The Kier molecular flexibility index (Phi) is 4.68. The maximum atomic E-state index is 13.3. The van der Waals surface area contributed by atoms with Gasteiger partial charge in [-0.2, -0.15) is 10.1 Å². The Morgan fingerprint density at radius 3 is 2.81 bits per heavy atom. The van der Waals surface area contributed by atoms with Crippen LogP contribution in [0.25, 0.3) is 16.9 Å². The Bertz CT molecular complexity index is 1520. The number of alkyl halides is 1.